The number of fused-ring (bicyclic) bond motifs is 1. The minimum atomic E-state index is -0.0340. The Morgan fingerprint density at radius 3 is 2.69 bits per heavy atom. The van der Waals surface area contributed by atoms with Gasteiger partial charge in [-0.3, -0.25) is 5.10 Å². The molecule has 1 heterocycles. The van der Waals surface area contributed by atoms with Crippen molar-refractivity contribution in [1.29, 1.82) is 0 Å². The molecule has 0 radical (unpaired) electrons. The van der Waals surface area contributed by atoms with E-state index in [1.165, 1.54) is 5.69 Å². The van der Waals surface area contributed by atoms with Gasteiger partial charge in [0.05, 0.1) is 6.10 Å². The predicted molar refractivity (Wildman–Crippen MR) is 56.3 cm³/mol. The SMILES string of the molecule is OC1C[C@@H]2[C@H](C1)[C@H]2c1cc(I)n[nH]1. The van der Waals surface area contributed by atoms with Crippen LogP contribution in [-0.2, 0) is 0 Å². The lowest BCUT2D eigenvalue weighted by Gasteiger charge is -2.05. The van der Waals surface area contributed by atoms with E-state index in [2.05, 4.69) is 38.9 Å². The van der Waals surface area contributed by atoms with Gasteiger partial charge in [0.1, 0.15) is 3.70 Å². The fourth-order valence-corrected chi connectivity index (χ4v) is 3.21. The predicted octanol–water partition coefficient (Wildman–Crippen LogP) is 1.50. The van der Waals surface area contributed by atoms with Gasteiger partial charge in [0.15, 0.2) is 0 Å². The highest BCUT2D eigenvalue weighted by molar-refractivity contribution is 14.1. The molecule has 0 spiro atoms. The minimum Gasteiger partial charge on any atom is -0.393 e. The van der Waals surface area contributed by atoms with Crippen molar-refractivity contribution in [3.8, 4) is 0 Å². The maximum Gasteiger partial charge on any atom is 0.123 e. The van der Waals surface area contributed by atoms with Crippen molar-refractivity contribution in [2.45, 2.75) is 24.9 Å². The van der Waals surface area contributed by atoms with Crippen molar-refractivity contribution in [2.24, 2.45) is 11.8 Å². The first kappa shape index (κ1) is 8.23. The van der Waals surface area contributed by atoms with E-state index in [0.717, 1.165) is 28.4 Å². The van der Waals surface area contributed by atoms with Crippen LogP contribution < -0.4 is 0 Å². The van der Waals surface area contributed by atoms with Crippen molar-refractivity contribution in [3.63, 3.8) is 0 Å². The molecule has 0 amide bonds. The third-order valence-corrected chi connectivity index (χ3v) is 3.90. The highest BCUT2D eigenvalue weighted by Gasteiger charge is 2.56. The highest BCUT2D eigenvalue weighted by Crippen LogP contribution is 2.62. The van der Waals surface area contributed by atoms with Crippen LogP contribution in [0.25, 0.3) is 0 Å². The lowest BCUT2D eigenvalue weighted by atomic mass is 10.1. The third-order valence-electron chi connectivity index (χ3n) is 3.35. The zero-order chi connectivity index (χ0) is 9.00. The Morgan fingerprint density at radius 1 is 1.46 bits per heavy atom. The second kappa shape index (κ2) is 2.70. The van der Waals surface area contributed by atoms with Crippen LogP contribution >= 0.6 is 22.6 Å². The largest absolute Gasteiger partial charge is 0.393 e. The molecule has 4 atom stereocenters. The monoisotopic (exact) mass is 290 g/mol. The second-order valence-electron chi connectivity index (χ2n) is 4.12. The summed E-state index contributed by atoms with van der Waals surface area (Å²) in [5.74, 6) is 2.12. The molecule has 2 N–H and O–H groups in total. The molecule has 2 aliphatic carbocycles. The molecule has 1 unspecified atom stereocenters. The molecule has 2 fully saturated rings. The number of aromatic nitrogens is 2. The third kappa shape index (κ3) is 1.22. The quantitative estimate of drug-likeness (QED) is 0.770. The molecular weight excluding hydrogens is 279 g/mol. The number of halogens is 1. The highest BCUT2D eigenvalue weighted by atomic mass is 127. The summed E-state index contributed by atoms with van der Waals surface area (Å²) in [6.07, 6.45) is 1.95. The van der Waals surface area contributed by atoms with Crippen LogP contribution in [0.3, 0.4) is 0 Å². The molecule has 1 aromatic rings. The van der Waals surface area contributed by atoms with Crippen LogP contribution in [0.15, 0.2) is 6.07 Å². The molecule has 0 aromatic carbocycles. The maximum atomic E-state index is 9.37. The van der Waals surface area contributed by atoms with Gasteiger partial charge in [-0.25, -0.2) is 0 Å². The Balaban J connectivity index is 1.78. The topological polar surface area (TPSA) is 48.9 Å². The first-order chi connectivity index (χ1) is 6.25. The van der Waals surface area contributed by atoms with E-state index in [1.807, 2.05) is 0 Å². The van der Waals surface area contributed by atoms with Crippen LogP contribution in [0, 0.1) is 15.5 Å². The van der Waals surface area contributed by atoms with E-state index in [1.54, 1.807) is 0 Å². The van der Waals surface area contributed by atoms with Gasteiger partial charge in [0.2, 0.25) is 0 Å². The molecule has 4 heteroatoms. The Hall–Kier alpha value is -0.100. The lowest BCUT2D eigenvalue weighted by Crippen LogP contribution is -2.04. The Morgan fingerprint density at radius 2 is 2.15 bits per heavy atom. The van der Waals surface area contributed by atoms with Gasteiger partial charge in [-0.05, 0) is 53.3 Å². The fourth-order valence-electron chi connectivity index (χ4n) is 2.76. The molecule has 0 bridgehead atoms. The van der Waals surface area contributed by atoms with E-state index in [9.17, 15) is 5.11 Å². The van der Waals surface area contributed by atoms with Gasteiger partial charge in [0, 0.05) is 11.6 Å². The van der Waals surface area contributed by atoms with E-state index in [4.69, 9.17) is 0 Å². The van der Waals surface area contributed by atoms with Crippen LogP contribution in [0.2, 0.25) is 0 Å². The van der Waals surface area contributed by atoms with Crippen LogP contribution in [-0.4, -0.2) is 21.4 Å². The molecule has 2 saturated carbocycles. The molecule has 13 heavy (non-hydrogen) atoms. The number of hydrogen-bond acceptors (Lipinski definition) is 2. The number of rotatable bonds is 1. The van der Waals surface area contributed by atoms with Gasteiger partial charge < -0.3 is 5.11 Å². The van der Waals surface area contributed by atoms with Crippen molar-refractivity contribution in [1.82, 2.24) is 10.2 Å². The number of aromatic amines is 1. The number of nitrogens with one attached hydrogen (secondary N) is 1. The summed E-state index contributed by atoms with van der Waals surface area (Å²) in [4.78, 5) is 0. The molecule has 70 valence electrons. The van der Waals surface area contributed by atoms with Crippen LogP contribution in [0.5, 0.6) is 0 Å². The van der Waals surface area contributed by atoms with Crippen LogP contribution in [0.4, 0.5) is 0 Å². The van der Waals surface area contributed by atoms with Crippen molar-refractivity contribution >= 4 is 22.6 Å². The van der Waals surface area contributed by atoms with E-state index < -0.39 is 0 Å². The number of aliphatic hydroxyl groups is 1. The average Bonchev–Trinajstić information content (AvgIpc) is 2.50. The second-order valence-corrected chi connectivity index (χ2v) is 5.23. The molecule has 0 aliphatic heterocycles. The summed E-state index contributed by atoms with van der Waals surface area (Å²) in [6.45, 7) is 0. The minimum absolute atomic E-state index is 0.0340. The summed E-state index contributed by atoms with van der Waals surface area (Å²) in [7, 11) is 0. The van der Waals surface area contributed by atoms with Gasteiger partial charge >= 0.3 is 0 Å². The molecular formula is C9H11IN2O. The summed E-state index contributed by atoms with van der Waals surface area (Å²) in [5, 5.41) is 16.6. The first-order valence-electron chi connectivity index (χ1n) is 4.64. The summed E-state index contributed by atoms with van der Waals surface area (Å²) >= 11 is 2.22. The molecule has 3 rings (SSSR count). The number of H-pyrrole nitrogens is 1. The number of aliphatic hydroxyl groups excluding tert-OH is 1. The summed E-state index contributed by atoms with van der Waals surface area (Å²) in [6, 6.07) is 2.12. The van der Waals surface area contributed by atoms with Crippen molar-refractivity contribution < 1.29 is 5.11 Å². The fraction of sp³-hybridized carbons (Fsp3) is 0.667. The summed E-state index contributed by atoms with van der Waals surface area (Å²) in [5.41, 5.74) is 1.27. The first-order valence-corrected chi connectivity index (χ1v) is 5.72. The zero-order valence-electron chi connectivity index (χ0n) is 7.07. The maximum absolute atomic E-state index is 9.37. The lowest BCUT2D eigenvalue weighted by molar-refractivity contribution is 0.165. The van der Waals surface area contributed by atoms with Gasteiger partial charge in [-0.2, -0.15) is 5.10 Å². The molecule has 1 aromatic heterocycles. The standard InChI is InChI=1S/C9H11IN2O/c10-8-3-7(11-12-8)9-5-1-4(13)2-6(5)9/h3-6,9,13H,1-2H2,(H,11,12)/t4?,5-,6+,9+. The van der Waals surface area contributed by atoms with Crippen molar-refractivity contribution in [2.75, 3.05) is 0 Å². The molecule has 0 saturated heterocycles. The molecule has 3 nitrogen and oxygen atoms in total. The summed E-state index contributed by atoms with van der Waals surface area (Å²) < 4.78 is 1.04. The van der Waals surface area contributed by atoms with Crippen LogP contribution in [0.1, 0.15) is 24.5 Å². The van der Waals surface area contributed by atoms with Gasteiger partial charge in [-0.15, -0.1) is 0 Å². The van der Waals surface area contributed by atoms with E-state index >= 15 is 0 Å². The Bertz CT molecular complexity index is 326. The molecule has 2 aliphatic rings. The Kier molecular flexibility index (Phi) is 1.71. The number of nitrogens with zero attached hydrogens (tertiary/aromatic N) is 1. The zero-order valence-corrected chi connectivity index (χ0v) is 9.23. The van der Waals surface area contributed by atoms with E-state index in [0.29, 0.717) is 5.92 Å². The smallest absolute Gasteiger partial charge is 0.123 e. The Labute approximate surface area is 90.1 Å². The van der Waals surface area contributed by atoms with Crippen molar-refractivity contribution in [3.05, 3.63) is 15.5 Å². The van der Waals surface area contributed by atoms with E-state index in [-0.39, 0.29) is 6.10 Å². The normalized spacial score (nSPS) is 42.0. The average molecular weight is 290 g/mol. The van der Waals surface area contributed by atoms with Gasteiger partial charge in [0.25, 0.3) is 0 Å². The van der Waals surface area contributed by atoms with Gasteiger partial charge in [-0.1, -0.05) is 0 Å². The number of hydrogen-bond donors (Lipinski definition) is 2.